The molecule has 2 aromatic carbocycles. The van der Waals surface area contributed by atoms with Gasteiger partial charge in [-0.15, -0.1) is 0 Å². The summed E-state index contributed by atoms with van der Waals surface area (Å²) in [4.78, 5) is 14.1. The number of ether oxygens (including phenoxy) is 1. The van der Waals surface area contributed by atoms with Crippen LogP contribution in [0.5, 0.6) is 0 Å². The summed E-state index contributed by atoms with van der Waals surface area (Å²) in [5.74, 6) is 0. The first kappa shape index (κ1) is 19.4. The smallest absolute Gasteiger partial charge is 0.407 e. The maximum Gasteiger partial charge on any atom is 0.407 e. The van der Waals surface area contributed by atoms with Crippen LogP contribution in [-0.2, 0) is 4.74 Å². The molecule has 0 bridgehead atoms. The van der Waals surface area contributed by atoms with Crippen LogP contribution in [0.15, 0.2) is 60.7 Å². The minimum absolute atomic E-state index is 0.0780. The van der Waals surface area contributed by atoms with Gasteiger partial charge in [0.25, 0.3) is 0 Å². The van der Waals surface area contributed by atoms with Crippen molar-refractivity contribution in [3.63, 3.8) is 0 Å². The SMILES string of the molecule is CC(C)(C)OC(=O)NCC1(O)CN(C(c2ccccc2)c2ccccc2)C1. The number of likely N-dealkylation sites (tertiary alicyclic amines) is 1. The molecule has 0 unspecified atom stereocenters. The summed E-state index contributed by atoms with van der Waals surface area (Å²) in [5, 5.41) is 13.4. The van der Waals surface area contributed by atoms with Gasteiger partial charge in [0.1, 0.15) is 11.2 Å². The van der Waals surface area contributed by atoms with Crippen LogP contribution in [0, 0.1) is 0 Å². The van der Waals surface area contributed by atoms with E-state index in [9.17, 15) is 9.90 Å². The van der Waals surface area contributed by atoms with Crippen LogP contribution < -0.4 is 5.32 Å². The van der Waals surface area contributed by atoms with Gasteiger partial charge in [-0.25, -0.2) is 4.79 Å². The van der Waals surface area contributed by atoms with Crippen molar-refractivity contribution in [2.75, 3.05) is 19.6 Å². The lowest BCUT2D eigenvalue weighted by Crippen LogP contribution is -2.67. The van der Waals surface area contributed by atoms with Gasteiger partial charge in [-0.05, 0) is 31.9 Å². The molecule has 2 aromatic rings. The van der Waals surface area contributed by atoms with Crippen molar-refractivity contribution in [2.24, 2.45) is 0 Å². The van der Waals surface area contributed by atoms with E-state index in [0.29, 0.717) is 13.1 Å². The number of aliphatic hydroxyl groups is 1. The Bertz CT molecular complexity index is 711. The molecule has 1 amide bonds. The first-order chi connectivity index (χ1) is 12.8. The Morgan fingerprint density at radius 2 is 1.56 bits per heavy atom. The molecule has 1 heterocycles. The highest BCUT2D eigenvalue weighted by molar-refractivity contribution is 5.67. The van der Waals surface area contributed by atoms with E-state index >= 15 is 0 Å². The Balaban J connectivity index is 1.65. The molecule has 3 rings (SSSR count). The van der Waals surface area contributed by atoms with Crippen molar-refractivity contribution in [1.29, 1.82) is 0 Å². The van der Waals surface area contributed by atoms with Gasteiger partial charge < -0.3 is 15.2 Å². The number of carbonyl (C=O) groups excluding carboxylic acids is 1. The number of β-amino-alcohol motifs (C(OH)–C–C–N with tert-alkyl or cyclic N) is 1. The van der Waals surface area contributed by atoms with Gasteiger partial charge in [0.2, 0.25) is 0 Å². The number of nitrogens with zero attached hydrogens (tertiary/aromatic N) is 1. The van der Waals surface area contributed by atoms with E-state index in [1.54, 1.807) is 0 Å². The van der Waals surface area contributed by atoms with Crippen molar-refractivity contribution in [1.82, 2.24) is 10.2 Å². The average molecular weight is 368 g/mol. The van der Waals surface area contributed by atoms with Crippen LogP contribution in [0.2, 0.25) is 0 Å². The van der Waals surface area contributed by atoms with Crippen molar-refractivity contribution in [3.8, 4) is 0 Å². The Labute approximate surface area is 161 Å². The van der Waals surface area contributed by atoms with Crippen molar-refractivity contribution < 1.29 is 14.6 Å². The van der Waals surface area contributed by atoms with Gasteiger partial charge in [-0.2, -0.15) is 0 Å². The zero-order chi connectivity index (χ0) is 19.5. The molecule has 27 heavy (non-hydrogen) atoms. The van der Waals surface area contributed by atoms with Crippen molar-refractivity contribution in [3.05, 3.63) is 71.8 Å². The fourth-order valence-electron chi connectivity index (χ4n) is 3.44. The first-order valence-electron chi connectivity index (χ1n) is 9.29. The van der Waals surface area contributed by atoms with Crippen molar-refractivity contribution >= 4 is 6.09 Å². The lowest BCUT2D eigenvalue weighted by Gasteiger charge is -2.50. The second-order valence-electron chi connectivity index (χ2n) is 8.21. The largest absolute Gasteiger partial charge is 0.444 e. The van der Waals surface area contributed by atoms with Gasteiger partial charge in [0.05, 0.1) is 12.6 Å². The van der Waals surface area contributed by atoms with Crippen LogP contribution in [0.1, 0.15) is 37.9 Å². The van der Waals surface area contributed by atoms with Gasteiger partial charge in [-0.1, -0.05) is 60.7 Å². The molecule has 0 radical (unpaired) electrons. The summed E-state index contributed by atoms with van der Waals surface area (Å²) in [6, 6.07) is 20.6. The van der Waals surface area contributed by atoms with Gasteiger partial charge in [-0.3, -0.25) is 4.90 Å². The zero-order valence-corrected chi connectivity index (χ0v) is 16.2. The quantitative estimate of drug-likeness (QED) is 0.850. The summed E-state index contributed by atoms with van der Waals surface area (Å²) in [7, 11) is 0. The highest BCUT2D eigenvalue weighted by Crippen LogP contribution is 2.35. The number of benzene rings is 2. The molecule has 1 saturated heterocycles. The molecule has 0 spiro atoms. The Morgan fingerprint density at radius 1 is 1.07 bits per heavy atom. The third-order valence-corrected chi connectivity index (χ3v) is 4.55. The van der Waals surface area contributed by atoms with Crippen LogP contribution in [0.3, 0.4) is 0 Å². The van der Waals surface area contributed by atoms with Crippen LogP contribution >= 0.6 is 0 Å². The monoisotopic (exact) mass is 368 g/mol. The van der Waals surface area contributed by atoms with E-state index in [-0.39, 0.29) is 12.6 Å². The third-order valence-electron chi connectivity index (χ3n) is 4.55. The molecular weight excluding hydrogens is 340 g/mol. The van der Waals surface area contributed by atoms with Crippen LogP contribution in [-0.4, -0.2) is 46.9 Å². The number of amides is 1. The van der Waals surface area contributed by atoms with Crippen LogP contribution in [0.25, 0.3) is 0 Å². The number of nitrogens with one attached hydrogen (secondary N) is 1. The maximum absolute atomic E-state index is 11.8. The molecule has 5 heteroatoms. The Morgan fingerprint density at radius 3 is 2.00 bits per heavy atom. The Kier molecular flexibility index (Phi) is 5.53. The first-order valence-corrected chi connectivity index (χ1v) is 9.29. The molecule has 1 aliphatic heterocycles. The standard InChI is InChI=1S/C22H28N2O3/c1-21(2,3)27-20(25)23-14-22(26)15-24(16-22)19(17-10-6-4-7-11-17)18-12-8-5-9-13-18/h4-13,19,26H,14-16H2,1-3H3,(H,23,25). The van der Waals surface area contributed by atoms with E-state index in [1.807, 2.05) is 57.2 Å². The Hall–Kier alpha value is -2.37. The molecule has 1 aliphatic rings. The highest BCUT2D eigenvalue weighted by atomic mass is 16.6. The number of hydrogen-bond donors (Lipinski definition) is 2. The van der Waals surface area contributed by atoms with E-state index in [2.05, 4.69) is 34.5 Å². The maximum atomic E-state index is 11.8. The molecule has 1 fully saturated rings. The second kappa shape index (κ2) is 7.71. The molecular formula is C22H28N2O3. The summed E-state index contributed by atoms with van der Waals surface area (Å²) >= 11 is 0. The molecule has 0 aliphatic carbocycles. The summed E-state index contributed by atoms with van der Waals surface area (Å²) in [6.45, 7) is 6.59. The topological polar surface area (TPSA) is 61.8 Å². The van der Waals surface area contributed by atoms with E-state index < -0.39 is 17.3 Å². The van der Waals surface area contributed by atoms with Gasteiger partial charge >= 0.3 is 6.09 Å². The van der Waals surface area contributed by atoms with E-state index in [0.717, 1.165) is 0 Å². The van der Waals surface area contributed by atoms with E-state index in [4.69, 9.17) is 4.74 Å². The molecule has 0 atom stereocenters. The third kappa shape index (κ3) is 5.08. The predicted octanol–water partition coefficient (Wildman–Crippen LogP) is 3.35. The zero-order valence-electron chi connectivity index (χ0n) is 16.2. The fourth-order valence-corrected chi connectivity index (χ4v) is 3.44. The molecule has 2 N–H and O–H groups in total. The number of carbonyl (C=O) groups is 1. The fraction of sp³-hybridized carbons (Fsp3) is 0.409. The summed E-state index contributed by atoms with van der Waals surface area (Å²) in [5.41, 5.74) is 0.875. The van der Waals surface area contributed by atoms with E-state index in [1.165, 1.54) is 11.1 Å². The highest BCUT2D eigenvalue weighted by Gasteiger charge is 2.45. The lowest BCUT2D eigenvalue weighted by atomic mass is 9.87. The average Bonchev–Trinajstić information content (AvgIpc) is 2.59. The number of rotatable bonds is 5. The van der Waals surface area contributed by atoms with Gasteiger partial charge in [0.15, 0.2) is 0 Å². The number of hydrogen-bond acceptors (Lipinski definition) is 4. The summed E-state index contributed by atoms with van der Waals surface area (Å²) < 4.78 is 5.24. The normalized spacial score (nSPS) is 16.6. The minimum atomic E-state index is -0.946. The minimum Gasteiger partial charge on any atom is -0.444 e. The van der Waals surface area contributed by atoms with Crippen molar-refractivity contribution in [2.45, 2.75) is 38.0 Å². The molecule has 5 nitrogen and oxygen atoms in total. The molecule has 144 valence electrons. The number of alkyl carbamates (subject to hydrolysis) is 1. The van der Waals surface area contributed by atoms with Crippen LogP contribution in [0.4, 0.5) is 4.79 Å². The molecule has 0 aromatic heterocycles. The predicted molar refractivity (Wildman–Crippen MR) is 105 cm³/mol. The van der Waals surface area contributed by atoms with Gasteiger partial charge in [0, 0.05) is 13.1 Å². The summed E-state index contributed by atoms with van der Waals surface area (Å²) in [6.07, 6.45) is -0.503. The second-order valence-corrected chi connectivity index (χ2v) is 8.21. The lowest BCUT2D eigenvalue weighted by molar-refractivity contribution is -0.107. The molecule has 0 saturated carbocycles.